The number of Topliss-reactive ketones (excluding diaryl/α,β-unsaturated/α-hetero) is 1. The van der Waals surface area contributed by atoms with Gasteiger partial charge in [0.25, 0.3) is 5.91 Å². The first-order valence-corrected chi connectivity index (χ1v) is 7.69. The Bertz CT molecular complexity index is 546. The Balaban J connectivity index is 1.94. The van der Waals surface area contributed by atoms with Crippen molar-refractivity contribution in [1.29, 1.82) is 0 Å². The minimum atomic E-state index is -0.0970. The Morgan fingerprint density at radius 1 is 1.42 bits per heavy atom. The predicted octanol–water partition coefficient (Wildman–Crippen LogP) is 2.38. The van der Waals surface area contributed by atoms with E-state index in [2.05, 4.69) is 5.32 Å². The van der Waals surface area contributed by atoms with Gasteiger partial charge in [0.1, 0.15) is 0 Å². The third-order valence-corrected chi connectivity index (χ3v) is 5.08. The van der Waals surface area contributed by atoms with Gasteiger partial charge < -0.3 is 11.1 Å². The van der Waals surface area contributed by atoms with Crippen LogP contribution in [0.3, 0.4) is 0 Å². The number of nitrogens with two attached hydrogens (primary N) is 1. The molecule has 0 aromatic carbocycles. The summed E-state index contributed by atoms with van der Waals surface area (Å²) in [7, 11) is 0. The van der Waals surface area contributed by atoms with E-state index >= 15 is 0 Å². The number of hydrogen-bond acceptors (Lipinski definition) is 4. The highest BCUT2D eigenvalue weighted by molar-refractivity contribution is 7.18. The van der Waals surface area contributed by atoms with Crippen LogP contribution in [0.1, 0.15) is 58.2 Å². The van der Waals surface area contributed by atoms with E-state index in [-0.39, 0.29) is 17.6 Å². The molecule has 0 radical (unpaired) electrons. The second kappa shape index (κ2) is 4.63. The molecule has 19 heavy (non-hydrogen) atoms. The van der Waals surface area contributed by atoms with Gasteiger partial charge in [-0.2, -0.15) is 0 Å². The topological polar surface area (TPSA) is 72.2 Å². The maximum atomic E-state index is 12.3. The van der Waals surface area contributed by atoms with Gasteiger partial charge >= 0.3 is 0 Å². The van der Waals surface area contributed by atoms with Crippen LogP contribution in [0.25, 0.3) is 0 Å². The van der Waals surface area contributed by atoms with Crippen LogP contribution in [0.15, 0.2) is 0 Å². The van der Waals surface area contributed by atoms with Crippen molar-refractivity contribution in [3.8, 4) is 0 Å². The quantitative estimate of drug-likeness (QED) is 0.891. The molecule has 1 saturated carbocycles. The summed E-state index contributed by atoms with van der Waals surface area (Å²) in [4.78, 5) is 25.2. The number of carbonyl (C=O) groups excluding carboxylic acids is 2. The Kier molecular flexibility index (Phi) is 3.09. The molecule has 3 rings (SSSR count). The van der Waals surface area contributed by atoms with Crippen molar-refractivity contribution in [2.24, 2.45) is 5.92 Å². The van der Waals surface area contributed by atoms with Gasteiger partial charge in [-0.05, 0) is 37.7 Å². The minimum Gasteiger partial charge on any atom is -0.390 e. The SMILES string of the molecule is CCC1CCc2c(sc(N)c2C(=O)NC2CC2)C1=O. The second-order valence-electron chi connectivity index (χ2n) is 5.40. The van der Waals surface area contributed by atoms with E-state index in [1.54, 1.807) is 0 Å². The molecular formula is C14H18N2O2S. The number of fused-ring (bicyclic) bond motifs is 1. The first-order chi connectivity index (χ1) is 9.11. The molecule has 1 amide bonds. The third kappa shape index (κ3) is 2.16. The average Bonchev–Trinajstić information content (AvgIpc) is 3.11. The lowest BCUT2D eigenvalue weighted by Gasteiger charge is -2.19. The molecule has 1 heterocycles. The van der Waals surface area contributed by atoms with Crippen LogP contribution in [0.4, 0.5) is 5.00 Å². The van der Waals surface area contributed by atoms with E-state index in [1.807, 2.05) is 6.92 Å². The largest absolute Gasteiger partial charge is 0.390 e. The fraction of sp³-hybridized carbons (Fsp3) is 0.571. The standard InChI is InChI=1S/C14H18N2O2S/c1-2-7-3-6-9-10(14(18)16-8-4-5-8)13(15)19-12(9)11(7)17/h7-8H,2-6,15H2,1H3,(H,16,18). The molecule has 1 aromatic rings. The van der Waals surface area contributed by atoms with Gasteiger partial charge in [0.2, 0.25) is 0 Å². The molecule has 1 atom stereocenters. The number of ketones is 1. The van der Waals surface area contributed by atoms with Crippen LogP contribution in [0, 0.1) is 5.92 Å². The minimum absolute atomic E-state index is 0.0970. The predicted molar refractivity (Wildman–Crippen MR) is 75.7 cm³/mol. The number of nitrogen functional groups attached to an aromatic ring is 1. The zero-order valence-electron chi connectivity index (χ0n) is 11.0. The van der Waals surface area contributed by atoms with E-state index in [0.717, 1.165) is 42.5 Å². The van der Waals surface area contributed by atoms with Crippen molar-refractivity contribution in [2.45, 2.75) is 45.1 Å². The van der Waals surface area contributed by atoms with Crippen LogP contribution in [0.2, 0.25) is 0 Å². The van der Waals surface area contributed by atoms with Gasteiger partial charge in [-0.3, -0.25) is 9.59 Å². The molecule has 0 saturated heterocycles. The number of rotatable bonds is 3. The van der Waals surface area contributed by atoms with Crippen molar-refractivity contribution >= 4 is 28.0 Å². The Hall–Kier alpha value is -1.36. The summed E-state index contributed by atoms with van der Waals surface area (Å²) in [6.45, 7) is 2.03. The number of nitrogens with one attached hydrogen (secondary N) is 1. The Morgan fingerprint density at radius 2 is 2.16 bits per heavy atom. The summed E-state index contributed by atoms with van der Waals surface area (Å²) in [5.74, 6) is 0.177. The molecule has 4 nitrogen and oxygen atoms in total. The van der Waals surface area contributed by atoms with Crippen LogP contribution in [0.5, 0.6) is 0 Å². The first kappa shape index (κ1) is 12.7. The van der Waals surface area contributed by atoms with Gasteiger partial charge in [0, 0.05) is 12.0 Å². The molecule has 2 aliphatic rings. The highest BCUT2D eigenvalue weighted by atomic mass is 32.1. The van der Waals surface area contributed by atoms with E-state index in [1.165, 1.54) is 11.3 Å². The summed E-state index contributed by atoms with van der Waals surface area (Å²) in [6.07, 6.45) is 4.59. The molecule has 1 fully saturated rings. The lowest BCUT2D eigenvalue weighted by atomic mass is 9.84. The molecule has 0 bridgehead atoms. The second-order valence-corrected chi connectivity index (χ2v) is 6.46. The molecule has 5 heteroatoms. The van der Waals surface area contributed by atoms with Crippen molar-refractivity contribution in [3.05, 3.63) is 16.0 Å². The number of carbonyl (C=O) groups is 2. The summed E-state index contributed by atoms with van der Waals surface area (Å²) >= 11 is 1.29. The summed E-state index contributed by atoms with van der Waals surface area (Å²) in [6, 6.07) is 0.310. The highest BCUT2D eigenvalue weighted by Gasteiger charge is 2.34. The van der Waals surface area contributed by atoms with Gasteiger partial charge in [0.05, 0.1) is 15.4 Å². The smallest absolute Gasteiger partial charge is 0.254 e. The maximum Gasteiger partial charge on any atom is 0.254 e. The lowest BCUT2D eigenvalue weighted by Crippen LogP contribution is -2.28. The number of hydrogen-bond donors (Lipinski definition) is 2. The van der Waals surface area contributed by atoms with E-state index < -0.39 is 0 Å². The maximum absolute atomic E-state index is 12.3. The zero-order valence-corrected chi connectivity index (χ0v) is 11.8. The van der Waals surface area contributed by atoms with Crippen molar-refractivity contribution in [3.63, 3.8) is 0 Å². The molecular weight excluding hydrogens is 260 g/mol. The van der Waals surface area contributed by atoms with Crippen molar-refractivity contribution in [1.82, 2.24) is 5.32 Å². The number of amides is 1. The number of thiophene rings is 1. The first-order valence-electron chi connectivity index (χ1n) is 6.88. The van der Waals surface area contributed by atoms with Crippen molar-refractivity contribution < 1.29 is 9.59 Å². The van der Waals surface area contributed by atoms with Gasteiger partial charge in [-0.25, -0.2) is 0 Å². The van der Waals surface area contributed by atoms with E-state index in [9.17, 15) is 9.59 Å². The molecule has 0 spiro atoms. The lowest BCUT2D eigenvalue weighted by molar-refractivity contribution is 0.0903. The van der Waals surface area contributed by atoms with Crippen LogP contribution in [-0.4, -0.2) is 17.7 Å². The molecule has 0 aliphatic heterocycles. The number of anilines is 1. The van der Waals surface area contributed by atoms with Crippen LogP contribution in [-0.2, 0) is 6.42 Å². The van der Waals surface area contributed by atoms with E-state index in [4.69, 9.17) is 5.73 Å². The van der Waals surface area contributed by atoms with E-state index in [0.29, 0.717) is 16.6 Å². The summed E-state index contributed by atoms with van der Waals surface area (Å²) in [5.41, 5.74) is 7.42. The molecule has 1 aromatic heterocycles. The fourth-order valence-electron chi connectivity index (χ4n) is 2.68. The monoisotopic (exact) mass is 278 g/mol. The Labute approximate surface area is 116 Å². The van der Waals surface area contributed by atoms with Gasteiger partial charge in [0.15, 0.2) is 5.78 Å². The molecule has 3 N–H and O–H groups in total. The van der Waals surface area contributed by atoms with Gasteiger partial charge in [-0.15, -0.1) is 11.3 Å². The Morgan fingerprint density at radius 3 is 2.79 bits per heavy atom. The third-order valence-electron chi connectivity index (χ3n) is 4.00. The molecule has 102 valence electrons. The summed E-state index contributed by atoms with van der Waals surface area (Å²) < 4.78 is 0. The fourth-order valence-corrected chi connectivity index (χ4v) is 3.81. The van der Waals surface area contributed by atoms with Crippen LogP contribution >= 0.6 is 11.3 Å². The summed E-state index contributed by atoms with van der Waals surface area (Å²) in [5, 5.41) is 3.46. The van der Waals surface area contributed by atoms with Crippen molar-refractivity contribution in [2.75, 3.05) is 5.73 Å². The highest BCUT2D eigenvalue weighted by Crippen LogP contribution is 2.39. The normalized spacial score (nSPS) is 22.2. The average molecular weight is 278 g/mol. The zero-order chi connectivity index (χ0) is 13.6. The molecule has 2 aliphatic carbocycles. The van der Waals surface area contributed by atoms with Crippen LogP contribution < -0.4 is 11.1 Å². The molecule has 1 unspecified atom stereocenters. The van der Waals surface area contributed by atoms with Gasteiger partial charge in [-0.1, -0.05) is 6.92 Å².